The van der Waals surface area contributed by atoms with Crippen molar-refractivity contribution in [2.75, 3.05) is 0 Å². The molecule has 0 saturated carbocycles. The number of pyridine rings is 3. The summed E-state index contributed by atoms with van der Waals surface area (Å²) in [5.41, 5.74) is 0. The molecule has 3 heterocycles. The minimum Gasteiger partial charge on any atom is -0.439 e. The molecule has 0 amide bonds. The molecular formula is C21H15N3O3. The highest BCUT2D eigenvalue weighted by molar-refractivity contribution is 5.49. The number of hydrogen-bond donors (Lipinski definition) is 0. The van der Waals surface area contributed by atoms with E-state index >= 15 is 0 Å². The van der Waals surface area contributed by atoms with Crippen LogP contribution in [0, 0.1) is 0 Å². The number of aromatic nitrogens is 3. The van der Waals surface area contributed by atoms with Crippen LogP contribution in [-0.4, -0.2) is 15.0 Å². The fraction of sp³-hybridized carbons (Fsp3) is 0. The zero-order chi connectivity index (χ0) is 18.3. The Hall–Kier alpha value is -3.93. The van der Waals surface area contributed by atoms with Crippen molar-refractivity contribution >= 4 is 0 Å². The van der Waals surface area contributed by atoms with Crippen molar-refractivity contribution in [3.63, 3.8) is 0 Å². The lowest BCUT2D eigenvalue weighted by molar-refractivity contribution is 0.395. The lowest BCUT2D eigenvalue weighted by atomic mass is 10.3. The van der Waals surface area contributed by atoms with Crippen LogP contribution in [0.3, 0.4) is 0 Å². The highest BCUT2D eigenvalue weighted by Gasteiger charge is 2.12. The maximum atomic E-state index is 5.90. The first-order valence-corrected chi connectivity index (χ1v) is 8.27. The Labute approximate surface area is 156 Å². The molecule has 6 heteroatoms. The van der Waals surface area contributed by atoms with Crippen LogP contribution < -0.4 is 14.2 Å². The molecule has 0 saturated heterocycles. The number of rotatable bonds is 6. The maximum Gasteiger partial charge on any atom is 0.219 e. The predicted octanol–water partition coefficient (Wildman–Crippen LogP) is 5.25. The quantitative estimate of drug-likeness (QED) is 0.470. The van der Waals surface area contributed by atoms with E-state index in [1.54, 1.807) is 55.0 Å². The van der Waals surface area contributed by atoms with Gasteiger partial charge < -0.3 is 14.2 Å². The van der Waals surface area contributed by atoms with E-state index in [1.807, 2.05) is 36.4 Å². The summed E-state index contributed by atoms with van der Waals surface area (Å²) in [4.78, 5) is 12.5. The zero-order valence-electron chi connectivity index (χ0n) is 14.2. The lowest BCUT2D eigenvalue weighted by Gasteiger charge is -2.13. The van der Waals surface area contributed by atoms with Gasteiger partial charge in [-0.1, -0.05) is 18.2 Å². The number of nitrogens with zero attached hydrogens (tertiary/aromatic N) is 3. The Morgan fingerprint density at radius 1 is 0.481 bits per heavy atom. The first-order chi connectivity index (χ1) is 13.4. The van der Waals surface area contributed by atoms with Gasteiger partial charge in [-0.25, -0.2) is 15.0 Å². The lowest BCUT2D eigenvalue weighted by Crippen LogP contribution is -1.94. The first-order valence-electron chi connectivity index (χ1n) is 8.27. The van der Waals surface area contributed by atoms with Gasteiger partial charge in [-0.05, 0) is 30.3 Å². The Morgan fingerprint density at radius 2 is 1.00 bits per heavy atom. The molecule has 0 radical (unpaired) electrons. The molecule has 0 aliphatic rings. The van der Waals surface area contributed by atoms with Gasteiger partial charge in [-0.15, -0.1) is 0 Å². The summed E-state index contributed by atoms with van der Waals surface area (Å²) in [5, 5.41) is 0. The second kappa shape index (κ2) is 7.97. The summed E-state index contributed by atoms with van der Waals surface area (Å²) >= 11 is 0. The van der Waals surface area contributed by atoms with Crippen molar-refractivity contribution in [3.8, 4) is 34.9 Å². The van der Waals surface area contributed by atoms with Gasteiger partial charge in [0.15, 0.2) is 11.5 Å². The Morgan fingerprint density at radius 3 is 1.52 bits per heavy atom. The Kier molecular flexibility index (Phi) is 4.88. The second-order valence-corrected chi connectivity index (χ2v) is 5.42. The molecule has 27 heavy (non-hydrogen) atoms. The summed E-state index contributed by atoms with van der Waals surface area (Å²) < 4.78 is 17.5. The third-order valence-electron chi connectivity index (χ3n) is 3.48. The van der Waals surface area contributed by atoms with Crippen molar-refractivity contribution in [1.82, 2.24) is 15.0 Å². The van der Waals surface area contributed by atoms with Crippen molar-refractivity contribution < 1.29 is 14.2 Å². The Bertz CT molecular complexity index is 997. The fourth-order valence-electron chi connectivity index (χ4n) is 2.28. The third-order valence-corrected chi connectivity index (χ3v) is 3.48. The molecule has 6 nitrogen and oxygen atoms in total. The standard InChI is InChI=1S/C21H15N3O3/c1-4-12-22-19(7-1)25-16-10-11-17(26-20-8-2-5-13-23-20)18(15-16)27-21-9-3-6-14-24-21/h1-15H. The zero-order valence-corrected chi connectivity index (χ0v) is 14.2. The van der Waals surface area contributed by atoms with E-state index in [9.17, 15) is 0 Å². The molecule has 0 spiro atoms. The van der Waals surface area contributed by atoms with Crippen molar-refractivity contribution in [3.05, 3.63) is 91.4 Å². The van der Waals surface area contributed by atoms with Gasteiger partial charge in [-0.3, -0.25) is 0 Å². The van der Waals surface area contributed by atoms with Crippen LogP contribution >= 0.6 is 0 Å². The third kappa shape index (κ3) is 4.38. The number of hydrogen-bond acceptors (Lipinski definition) is 6. The summed E-state index contributed by atoms with van der Waals surface area (Å²) in [5.74, 6) is 2.90. The summed E-state index contributed by atoms with van der Waals surface area (Å²) in [6.45, 7) is 0. The number of benzene rings is 1. The van der Waals surface area contributed by atoms with E-state index in [0.29, 0.717) is 34.9 Å². The van der Waals surface area contributed by atoms with Gasteiger partial charge >= 0.3 is 0 Å². The van der Waals surface area contributed by atoms with Crippen molar-refractivity contribution in [2.45, 2.75) is 0 Å². The Balaban J connectivity index is 1.65. The highest BCUT2D eigenvalue weighted by atomic mass is 16.5. The monoisotopic (exact) mass is 357 g/mol. The van der Waals surface area contributed by atoms with Gasteiger partial charge in [0.2, 0.25) is 17.6 Å². The number of ether oxygens (including phenoxy) is 3. The van der Waals surface area contributed by atoms with Crippen molar-refractivity contribution in [2.24, 2.45) is 0 Å². The molecule has 3 aromatic heterocycles. The van der Waals surface area contributed by atoms with Crippen LogP contribution in [0.15, 0.2) is 91.4 Å². The van der Waals surface area contributed by atoms with Crippen molar-refractivity contribution in [1.29, 1.82) is 0 Å². The minimum atomic E-state index is 0.443. The molecule has 0 bridgehead atoms. The molecular weight excluding hydrogens is 342 g/mol. The molecule has 4 aromatic rings. The molecule has 132 valence electrons. The van der Waals surface area contributed by atoms with E-state index in [0.717, 1.165) is 0 Å². The van der Waals surface area contributed by atoms with Gasteiger partial charge in [0.05, 0.1) is 0 Å². The normalized spacial score (nSPS) is 10.2. The molecule has 0 N–H and O–H groups in total. The van der Waals surface area contributed by atoms with E-state index < -0.39 is 0 Å². The van der Waals surface area contributed by atoms with Crippen LogP contribution in [0.25, 0.3) is 0 Å². The summed E-state index contributed by atoms with van der Waals surface area (Å²) in [6.07, 6.45) is 4.98. The smallest absolute Gasteiger partial charge is 0.219 e. The van der Waals surface area contributed by atoms with Crippen LogP contribution in [0.5, 0.6) is 34.9 Å². The van der Waals surface area contributed by atoms with E-state index in [4.69, 9.17) is 14.2 Å². The van der Waals surface area contributed by atoms with Gasteiger partial charge in [-0.2, -0.15) is 0 Å². The molecule has 0 fully saturated rings. The minimum absolute atomic E-state index is 0.443. The van der Waals surface area contributed by atoms with Crippen LogP contribution in [0.4, 0.5) is 0 Å². The average Bonchev–Trinajstić information content (AvgIpc) is 2.72. The molecule has 4 rings (SSSR count). The SMILES string of the molecule is c1ccc(Oc2ccc(Oc3ccccn3)c(Oc3ccccn3)c2)nc1. The molecule has 1 aromatic carbocycles. The average molecular weight is 357 g/mol. The van der Waals surface area contributed by atoms with E-state index in [1.165, 1.54) is 0 Å². The van der Waals surface area contributed by atoms with Crippen LogP contribution in [-0.2, 0) is 0 Å². The summed E-state index contributed by atoms with van der Waals surface area (Å²) in [6, 6.07) is 21.6. The van der Waals surface area contributed by atoms with Gasteiger partial charge in [0, 0.05) is 42.9 Å². The molecule has 0 aliphatic heterocycles. The second-order valence-electron chi connectivity index (χ2n) is 5.42. The first kappa shape index (κ1) is 16.5. The topological polar surface area (TPSA) is 66.4 Å². The predicted molar refractivity (Wildman–Crippen MR) is 99.4 cm³/mol. The molecule has 0 aliphatic carbocycles. The maximum absolute atomic E-state index is 5.90. The summed E-state index contributed by atoms with van der Waals surface area (Å²) in [7, 11) is 0. The van der Waals surface area contributed by atoms with E-state index in [-0.39, 0.29) is 0 Å². The van der Waals surface area contributed by atoms with Gasteiger partial charge in [0.25, 0.3) is 0 Å². The highest BCUT2D eigenvalue weighted by Crippen LogP contribution is 2.37. The van der Waals surface area contributed by atoms with Gasteiger partial charge in [0.1, 0.15) is 5.75 Å². The fourth-order valence-corrected chi connectivity index (χ4v) is 2.28. The molecule has 0 unspecified atom stereocenters. The van der Waals surface area contributed by atoms with Crippen LogP contribution in [0.1, 0.15) is 0 Å². The molecule has 0 atom stereocenters. The largest absolute Gasteiger partial charge is 0.439 e. The van der Waals surface area contributed by atoms with Crippen LogP contribution in [0.2, 0.25) is 0 Å². The van der Waals surface area contributed by atoms with E-state index in [2.05, 4.69) is 15.0 Å².